The van der Waals surface area contributed by atoms with Crippen molar-refractivity contribution in [2.24, 2.45) is 23.7 Å². The number of esters is 1. The Balaban J connectivity index is 1.93. The fraction of sp³-hybridized carbons (Fsp3) is 0.481. The lowest BCUT2D eigenvalue weighted by Crippen LogP contribution is -2.40. The highest BCUT2D eigenvalue weighted by Crippen LogP contribution is 2.38. The first-order chi connectivity index (χ1) is 14.4. The zero-order valence-electron chi connectivity index (χ0n) is 18.6. The molecule has 0 saturated heterocycles. The van der Waals surface area contributed by atoms with Gasteiger partial charge in [-0.2, -0.15) is 0 Å². The summed E-state index contributed by atoms with van der Waals surface area (Å²) in [5, 5.41) is 0. The van der Waals surface area contributed by atoms with Crippen LogP contribution >= 0.6 is 0 Å². The zero-order chi connectivity index (χ0) is 21.7. The van der Waals surface area contributed by atoms with E-state index in [1.54, 1.807) is 0 Å². The molecule has 2 aromatic rings. The summed E-state index contributed by atoms with van der Waals surface area (Å²) < 4.78 is 6.12. The van der Waals surface area contributed by atoms with Gasteiger partial charge in [-0.1, -0.05) is 87.9 Å². The maximum Gasteiger partial charge on any atom is 0.317 e. The average Bonchev–Trinajstić information content (AvgIpc) is 2.72. The van der Waals surface area contributed by atoms with Crippen LogP contribution in [0.3, 0.4) is 0 Å². The third-order valence-corrected chi connectivity index (χ3v) is 6.57. The lowest BCUT2D eigenvalue weighted by Gasteiger charge is -2.37. The number of hydrogen-bond acceptors (Lipinski definition) is 3. The van der Waals surface area contributed by atoms with Gasteiger partial charge < -0.3 is 4.74 Å². The van der Waals surface area contributed by atoms with Gasteiger partial charge in [-0.15, -0.1) is 0 Å². The van der Waals surface area contributed by atoms with Crippen LogP contribution in [0.25, 0.3) is 0 Å². The van der Waals surface area contributed by atoms with Crippen LogP contribution in [0, 0.1) is 23.7 Å². The molecule has 0 bridgehead atoms. The summed E-state index contributed by atoms with van der Waals surface area (Å²) in [5.74, 6) is -0.397. The molecule has 0 unspecified atom stereocenters. The average molecular weight is 407 g/mol. The second-order valence-electron chi connectivity index (χ2n) is 9.19. The lowest BCUT2D eigenvalue weighted by molar-refractivity contribution is -0.163. The minimum absolute atomic E-state index is 0.115. The number of carbonyl (C=O) groups excluding carboxylic acids is 2. The summed E-state index contributed by atoms with van der Waals surface area (Å²) in [6.45, 7) is 8.12. The number of Topliss-reactive ketones (excluding diaryl/α,β-unsaturated/α-hetero) is 1. The van der Waals surface area contributed by atoms with Gasteiger partial charge in [0.15, 0.2) is 0 Å². The summed E-state index contributed by atoms with van der Waals surface area (Å²) in [6, 6.07) is 19.6. The molecule has 0 radical (unpaired) electrons. The monoisotopic (exact) mass is 406 g/mol. The zero-order valence-corrected chi connectivity index (χ0v) is 18.6. The van der Waals surface area contributed by atoms with Gasteiger partial charge >= 0.3 is 5.97 Å². The topological polar surface area (TPSA) is 43.4 Å². The number of benzene rings is 2. The van der Waals surface area contributed by atoms with Crippen molar-refractivity contribution in [1.29, 1.82) is 0 Å². The lowest BCUT2D eigenvalue weighted by atomic mass is 9.75. The third kappa shape index (κ3) is 5.19. The van der Waals surface area contributed by atoms with Gasteiger partial charge in [0.05, 0.1) is 0 Å². The summed E-state index contributed by atoms with van der Waals surface area (Å²) in [4.78, 5) is 26.3. The van der Waals surface area contributed by atoms with Gasteiger partial charge in [-0.3, -0.25) is 9.59 Å². The smallest absolute Gasteiger partial charge is 0.317 e. The first-order valence-electron chi connectivity index (χ1n) is 11.2. The normalized spacial score (nSPS) is 22.7. The molecule has 3 nitrogen and oxygen atoms in total. The van der Waals surface area contributed by atoms with E-state index in [1.165, 1.54) is 13.3 Å². The van der Waals surface area contributed by atoms with E-state index in [0.717, 1.165) is 24.0 Å². The Hall–Kier alpha value is -2.42. The Labute approximate surface area is 180 Å². The van der Waals surface area contributed by atoms with Gasteiger partial charge in [-0.25, -0.2) is 0 Å². The van der Waals surface area contributed by atoms with Gasteiger partial charge in [0.25, 0.3) is 0 Å². The molecule has 0 aromatic heterocycles. The van der Waals surface area contributed by atoms with Crippen LogP contribution in [0.2, 0.25) is 0 Å². The van der Waals surface area contributed by atoms with Crippen LogP contribution in [0.5, 0.6) is 0 Å². The third-order valence-electron chi connectivity index (χ3n) is 6.57. The van der Waals surface area contributed by atoms with Crippen LogP contribution in [-0.4, -0.2) is 17.9 Å². The molecule has 1 aliphatic rings. The highest BCUT2D eigenvalue weighted by atomic mass is 16.5. The maximum atomic E-state index is 13.5. The summed E-state index contributed by atoms with van der Waals surface area (Å²) in [5.41, 5.74) is 1.91. The van der Waals surface area contributed by atoms with Crippen LogP contribution in [0.1, 0.15) is 64.0 Å². The van der Waals surface area contributed by atoms with E-state index in [1.807, 2.05) is 60.7 Å². The Bertz CT molecular complexity index is 788. The van der Waals surface area contributed by atoms with Crippen molar-refractivity contribution in [3.8, 4) is 0 Å². The molecule has 0 N–H and O–H groups in total. The predicted molar refractivity (Wildman–Crippen MR) is 120 cm³/mol. The van der Waals surface area contributed by atoms with Gasteiger partial charge in [0, 0.05) is 5.92 Å². The van der Waals surface area contributed by atoms with Gasteiger partial charge in [-0.05, 0) is 48.6 Å². The van der Waals surface area contributed by atoms with Crippen LogP contribution in [-0.2, 0) is 14.3 Å². The quantitative estimate of drug-likeness (QED) is 0.417. The minimum Gasteiger partial charge on any atom is -0.461 e. The molecule has 160 valence electrons. The van der Waals surface area contributed by atoms with Crippen molar-refractivity contribution in [2.45, 2.75) is 59.0 Å². The molecule has 0 aliphatic heterocycles. The van der Waals surface area contributed by atoms with E-state index < -0.39 is 5.92 Å². The maximum absolute atomic E-state index is 13.5. The fourth-order valence-electron chi connectivity index (χ4n) is 4.91. The van der Waals surface area contributed by atoms with Crippen LogP contribution < -0.4 is 0 Å². The van der Waals surface area contributed by atoms with Crippen molar-refractivity contribution in [3.05, 3.63) is 71.8 Å². The van der Waals surface area contributed by atoms with E-state index in [-0.39, 0.29) is 23.8 Å². The largest absolute Gasteiger partial charge is 0.461 e. The highest BCUT2D eigenvalue weighted by Gasteiger charge is 2.40. The highest BCUT2D eigenvalue weighted by molar-refractivity contribution is 5.99. The molecule has 3 heteroatoms. The first kappa shape index (κ1) is 22.3. The van der Waals surface area contributed by atoms with E-state index in [0.29, 0.717) is 17.8 Å². The molecule has 0 amide bonds. The van der Waals surface area contributed by atoms with Crippen molar-refractivity contribution < 1.29 is 14.3 Å². The molecule has 3 rings (SSSR count). The molecule has 0 heterocycles. The SMILES string of the molecule is CC(=O)[C@H](C(=O)O[C@@H]1C[C@@H](C)CC[C@H]1C(C)C)C(c1ccccc1)c1ccccc1. The summed E-state index contributed by atoms with van der Waals surface area (Å²) in [6.07, 6.45) is 3.00. The van der Waals surface area contributed by atoms with Crippen molar-refractivity contribution in [1.82, 2.24) is 0 Å². The first-order valence-corrected chi connectivity index (χ1v) is 11.2. The summed E-state index contributed by atoms with van der Waals surface area (Å²) in [7, 11) is 0. The molecular weight excluding hydrogens is 372 g/mol. The molecule has 0 spiro atoms. The fourth-order valence-corrected chi connectivity index (χ4v) is 4.91. The van der Waals surface area contributed by atoms with Crippen molar-refractivity contribution >= 4 is 11.8 Å². The van der Waals surface area contributed by atoms with Crippen molar-refractivity contribution in [2.75, 3.05) is 0 Å². The molecular formula is C27H34O3. The van der Waals surface area contributed by atoms with E-state index in [9.17, 15) is 9.59 Å². The Morgan fingerprint density at radius 2 is 1.43 bits per heavy atom. The molecule has 1 aliphatic carbocycles. The second kappa shape index (κ2) is 10.1. The predicted octanol–water partition coefficient (Wildman–Crippen LogP) is 6.03. The number of rotatable bonds is 7. The number of carbonyl (C=O) groups is 2. The van der Waals surface area contributed by atoms with Crippen LogP contribution in [0.15, 0.2) is 60.7 Å². The van der Waals surface area contributed by atoms with E-state index in [2.05, 4.69) is 20.8 Å². The van der Waals surface area contributed by atoms with E-state index >= 15 is 0 Å². The number of ketones is 1. The Kier molecular flexibility index (Phi) is 7.47. The molecule has 4 atom stereocenters. The minimum atomic E-state index is -0.847. The standard InChI is InChI=1S/C27H34O3/c1-18(2)23-16-15-19(3)17-24(23)30-27(29)25(20(4)28)26(21-11-7-5-8-12-21)22-13-9-6-10-14-22/h5-14,18-19,23-26H,15-17H2,1-4H3/t19-,23-,24+,25-/m0/s1. The summed E-state index contributed by atoms with van der Waals surface area (Å²) >= 11 is 0. The number of ether oxygens (including phenoxy) is 1. The Morgan fingerprint density at radius 3 is 1.90 bits per heavy atom. The molecule has 2 aromatic carbocycles. The van der Waals surface area contributed by atoms with Gasteiger partial charge in [0.2, 0.25) is 0 Å². The molecule has 1 fully saturated rings. The molecule has 30 heavy (non-hydrogen) atoms. The number of hydrogen-bond donors (Lipinski definition) is 0. The molecule has 1 saturated carbocycles. The van der Waals surface area contributed by atoms with Crippen molar-refractivity contribution in [3.63, 3.8) is 0 Å². The second-order valence-corrected chi connectivity index (χ2v) is 9.19. The van der Waals surface area contributed by atoms with Crippen LogP contribution in [0.4, 0.5) is 0 Å². The Morgan fingerprint density at radius 1 is 0.900 bits per heavy atom. The van der Waals surface area contributed by atoms with E-state index in [4.69, 9.17) is 4.74 Å². The van der Waals surface area contributed by atoms with Gasteiger partial charge in [0.1, 0.15) is 17.8 Å².